The molecule has 19 heavy (non-hydrogen) atoms. The van der Waals surface area contributed by atoms with Crippen molar-refractivity contribution in [3.8, 4) is 0 Å². The van der Waals surface area contributed by atoms with E-state index in [2.05, 4.69) is 0 Å². The molecule has 0 atom stereocenters. The van der Waals surface area contributed by atoms with Crippen LogP contribution >= 0.6 is 23.4 Å². The molecule has 110 valence electrons. The van der Waals surface area contributed by atoms with Crippen LogP contribution in [-0.4, -0.2) is 42.9 Å². The summed E-state index contributed by atoms with van der Waals surface area (Å²) in [7, 11) is -1.81. The van der Waals surface area contributed by atoms with Crippen molar-refractivity contribution in [2.75, 3.05) is 25.6 Å². The van der Waals surface area contributed by atoms with Gasteiger partial charge in [-0.2, -0.15) is 11.8 Å². The van der Waals surface area contributed by atoms with E-state index in [4.69, 9.17) is 11.6 Å². The molecule has 0 aliphatic heterocycles. The van der Waals surface area contributed by atoms with Crippen LogP contribution in [0.2, 0.25) is 0 Å². The second kappa shape index (κ2) is 7.02. The monoisotopic (exact) mass is 324 g/mol. The Morgan fingerprint density at radius 1 is 1.47 bits per heavy atom. The Morgan fingerprint density at radius 3 is 2.53 bits per heavy atom. The third-order valence-electron chi connectivity index (χ3n) is 2.92. The minimum absolute atomic E-state index is 0.189. The molecule has 0 amide bonds. The third kappa shape index (κ3) is 3.90. The largest absolute Gasteiger partial charge is 0.346 e. The van der Waals surface area contributed by atoms with Crippen LogP contribution in [0.5, 0.6) is 0 Å². The molecule has 0 unspecified atom stereocenters. The van der Waals surface area contributed by atoms with Gasteiger partial charge in [0.25, 0.3) is 0 Å². The SMILES string of the molecule is CSCCN(C)S(=O)(=O)c1cc(CCl)n(C(C)C)c1. The second-order valence-corrected chi connectivity index (χ2v) is 7.92. The average molecular weight is 325 g/mol. The summed E-state index contributed by atoms with van der Waals surface area (Å²) >= 11 is 7.50. The Balaban J connectivity index is 3.08. The highest BCUT2D eigenvalue weighted by Crippen LogP contribution is 2.22. The molecule has 1 rings (SSSR count). The van der Waals surface area contributed by atoms with E-state index in [-0.39, 0.29) is 6.04 Å². The number of hydrogen-bond donors (Lipinski definition) is 0. The van der Waals surface area contributed by atoms with Crippen LogP contribution in [0.4, 0.5) is 0 Å². The normalized spacial score (nSPS) is 12.6. The Labute approximate surface area is 125 Å². The van der Waals surface area contributed by atoms with E-state index in [1.807, 2.05) is 24.7 Å². The fourth-order valence-electron chi connectivity index (χ4n) is 1.75. The van der Waals surface area contributed by atoms with Crippen molar-refractivity contribution in [1.29, 1.82) is 0 Å². The van der Waals surface area contributed by atoms with E-state index in [0.717, 1.165) is 11.4 Å². The lowest BCUT2D eigenvalue weighted by molar-refractivity contribution is 0.488. The van der Waals surface area contributed by atoms with Gasteiger partial charge in [0.15, 0.2) is 0 Å². The first-order valence-electron chi connectivity index (χ1n) is 6.06. The summed E-state index contributed by atoms with van der Waals surface area (Å²) in [5.41, 5.74) is 0.827. The summed E-state index contributed by atoms with van der Waals surface area (Å²) in [6.45, 7) is 4.51. The van der Waals surface area contributed by atoms with Crippen LogP contribution in [0.15, 0.2) is 17.2 Å². The van der Waals surface area contributed by atoms with Gasteiger partial charge in [-0.15, -0.1) is 11.6 Å². The molecule has 0 saturated carbocycles. The third-order valence-corrected chi connectivity index (χ3v) is 5.61. The summed E-state index contributed by atoms with van der Waals surface area (Å²) in [5.74, 6) is 1.09. The maximum atomic E-state index is 12.4. The zero-order chi connectivity index (χ0) is 14.6. The van der Waals surface area contributed by atoms with Gasteiger partial charge >= 0.3 is 0 Å². The van der Waals surface area contributed by atoms with Crippen LogP contribution in [0, 0.1) is 0 Å². The summed E-state index contributed by atoms with van der Waals surface area (Å²) < 4.78 is 28.1. The maximum absolute atomic E-state index is 12.4. The molecule has 1 aromatic heterocycles. The number of rotatable bonds is 7. The highest BCUT2D eigenvalue weighted by atomic mass is 35.5. The van der Waals surface area contributed by atoms with E-state index in [0.29, 0.717) is 17.3 Å². The van der Waals surface area contributed by atoms with Crippen LogP contribution in [0.1, 0.15) is 25.6 Å². The van der Waals surface area contributed by atoms with Gasteiger partial charge < -0.3 is 4.57 Å². The fourth-order valence-corrected chi connectivity index (χ4v) is 3.76. The first kappa shape index (κ1) is 16.9. The highest BCUT2D eigenvalue weighted by molar-refractivity contribution is 7.98. The van der Waals surface area contributed by atoms with Crippen LogP contribution in [0.3, 0.4) is 0 Å². The summed E-state index contributed by atoms with van der Waals surface area (Å²) in [4.78, 5) is 0.320. The molecule has 7 heteroatoms. The molecule has 1 heterocycles. The fraction of sp³-hybridized carbons (Fsp3) is 0.667. The minimum Gasteiger partial charge on any atom is -0.346 e. The van der Waals surface area contributed by atoms with Crippen molar-refractivity contribution in [2.45, 2.75) is 30.7 Å². The molecule has 4 nitrogen and oxygen atoms in total. The zero-order valence-corrected chi connectivity index (χ0v) is 14.1. The molecule has 0 N–H and O–H groups in total. The molecular weight excluding hydrogens is 304 g/mol. The summed E-state index contributed by atoms with van der Waals surface area (Å²) in [6, 6.07) is 1.85. The van der Waals surface area contributed by atoms with Crippen LogP contribution in [-0.2, 0) is 15.9 Å². The number of halogens is 1. The molecule has 0 aliphatic carbocycles. The van der Waals surface area contributed by atoms with Crippen molar-refractivity contribution in [3.63, 3.8) is 0 Å². The molecule has 0 saturated heterocycles. The number of hydrogen-bond acceptors (Lipinski definition) is 3. The number of alkyl halides is 1. The number of thioether (sulfide) groups is 1. The second-order valence-electron chi connectivity index (χ2n) is 4.62. The molecule has 0 bridgehead atoms. The van der Waals surface area contributed by atoms with Crippen molar-refractivity contribution in [2.24, 2.45) is 0 Å². The lowest BCUT2D eigenvalue weighted by Crippen LogP contribution is -2.28. The van der Waals surface area contributed by atoms with Gasteiger partial charge in [-0.05, 0) is 26.2 Å². The van der Waals surface area contributed by atoms with Gasteiger partial charge in [-0.25, -0.2) is 12.7 Å². The summed E-state index contributed by atoms with van der Waals surface area (Å²) in [6.07, 6.45) is 3.63. The molecule has 0 fully saturated rings. The van der Waals surface area contributed by atoms with Gasteiger partial charge in [-0.3, -0.25) is 0 Å². The quantitative estimate of drug-likeness (QED) is 0.724. The van der Waals surface area contributed by atoms with Crippen molar-refractivity contribution < 1.29 is 8.42 Å². The first-order chi connectivity index (χ1) is 8.84. The lowest BCUT2D eigenvalue weighted by Gasteiger charge is -2.15. The number of nitrogens with zero attached hydrogens (tertiary/aromatic N) is 2. The predicted octanol–water partition coefficient (Wildman–Crippen LogP) is 2.79. The number of sulfonamides is 1. The Morgan fingerprint density at radius 2 is 2.11 bits per heavy atom. The predicted molar refractivity (Wildman–Crippen MR) is 82.6 cm³/mol. The van der Waals surface area contributed by atoms with Crippen LogP contribution in [0.25, 0.3) is 0 Å². The molecule has 0 aromatic carbocycles. The molecule has 0 radical (unpaired) electrons. The minimum atomic E-state index is -3.42. The van der Waals surface area contributed by atoms with E-state index < -0.39 is 10.0 Å². The topological polar surface area (TPSA) is 42.3 Å². The van der Waals surface area contributed by atoms with Gasteiger partial charge in [-0.1, -0.05) is 0 Å². The Kier molecular flexibility index (Phi) is 6.23. The highest BCUT2D eigenvalue weighted by Gasteiger charge is 2.23. The molecular formula is C12H21ClN2O2S2. The van der Waals surface area contributed by atoms with E-state index in [9.17, 15) is 8.42 Å². The van der Waals surface area contributed by atoms with Gasteiger partial charge in [0.2, 0.25) is 10.0 Å². The van der Waals surface area contributed by atoms with Gasteiger partial charge in [0.05, 0.1) is 5.88 Å². The smallest absolute Gasteiger partial charge is 0.244 e. The maximum Gasteiger partial charge on any atom is 0.244 e. The van der Waals surface area contributed by atoms with Crippen molar-refractivity contribution in [1.82, 2.24) is 8.87 Å². The van der Waals surface area contributed by atoms with E-state index in [1.165, 1.54) is 4.31 Å². The molecule has 1 aromatic rings. The Hall–Kier alpha value is -0.170. The van der Waals surface area contributed by atoms with Crippen LogP contribution < -0.4 is 0 Å². The van der Waals surface area contributed by atoms with Crippen molar-refractivity contribution >= 4 is 33.4 Å². The van der Waals surface area contributed by atoms with Gasteiger partial charge in [0, 0.05) is 37.3 Å². The molecule has 0 spiro atoms. The van der Waals surface area contributed by atoms with Gasteiger partial charge in [0.1, 0.15) is 4.90 Å². The van der Waals surface area contributed by atoms with Crippen molar-refractivity contribution in [3.05, 3.63) is 18.0 Å². The standard InChI is InChI=1S/C12H21ClN2O2S2/c1-10(2)15-9-12(7-11(15)8-13)19(16,17)14(3)5-6-18-4/h7,9-10H,5-6,8H2,1-4H3. The Bertz CT molecular complexity index is 512. The summed E-state index contributed by atoms with van der Waals surface area (Å²) in [5, 5.41) is 0. The first-order valence-corrected chi connectivity index (χ1v) is 9.43. The average Bonchev–Trinajstić information content (AvgIpc) is 2.80. The van der Waals surface area contributed by atoms with E-state index >= 15 is 0 Å². The number of aromatic nitrogens is 1. The molecule has 0 aliphatic rings. The lowest BCUT2D eigenvalue weighted by atomic mass is 10.4. The van der Waals surface area contributed by atoms with E-state index in [1.54, 1.807) is 31.1 Å². The zero-order valence-electron chi connectivity index (χ0n) is 11.8.